The van der Waals surface area contributed by atoms with E-state index in [1.54, 1.807) is 17.0 Å². The fourth-order valence-electron chi connectivity index (χ4n) is 5.63. The summed E-state index contributed by atoms with van der Waals surface area (Å²) in [6.45, 7) is 6.59. The number of hydrogen-bond donors (Lipinski definition) is 3. The molecule has 8 nitrogen and oxygen atoms in total. The summed E-state index contributed by atoms with van der Waals surface area (Å²) in [6.07, 6.45) is 6.99. The molecule has 1 heterocycles. The van der Waals surface area contributed by atoms with Gasteiger partial charge in [0.15, 0.2) is 0 Å². The van der Waals surface area contributed by atoms with Gasteiger partial charge in [-0.3, -0.25) is 19.6 Å². The van der Waals surface area contributed by atoms with Crippen LogP contribution in [0.15, 0.2) is 24.3 Å². The van der Waals surface area contributed by atoms with Crippen LogP contribution in [0.2, 0.25) is 0 Å². The topological polar surface area (TPSA) is 116 Å². The molecule has 9 heteroatoms. The van der Waals surface area contributed by atoms with E-state index < -0.39 is 22.9 Å². The average Bonchev–Trinajstić information content (AvgIpc) is 3.36. The highest BCUT2D eigenvalue weighted by atomic mass is 19.1. The van der Waals surface area contributed by atoms with Crippen molar-refractivity contribution in [1.82, 2.24) is 15.3 Å². The van der Waals surface area contributed by atoms with Crippen molar-refractivity contribution in [1.29, 1.82) is 0 Å². The Labute approximate surface area is 219 Å². The number of nitrogens with two attached hydrogens (primary N) is 1. The van der Waals surface area contributed by atoms with Crippen molar-refractivity contribution in [2.24, 2.45) is 23.0 Å². The smallest absolute Gasteiger partial charge is 0.245 e. The average molecular weight is 519 g/mol. The van der Waals surface area contributed by atoms with Gasteiger partial charge < -0.3 is 16.0 Å². The first kappa shape index (κ1) is 29.0. The fourth-order valence-corrected chi connectivity index (χ4v) is 5.63. The van der Waals surface area contributed by atoms with E-state index >= 15 is 0 Å². The Bertz CT molecular complexity index is 919. The number of hydroxylamine groups is 2. The summed E-state index contributed by atoms with van der Waals surface area (Å²) in [5.41, 5.74) is 6.59. The molecule has 3 rings (SSSR count). The first-order valence-electron chi connectivity index (χ1n) is 13.4. The van der Waals surface area contributed by atoms with Gasteiger partial charge in [0.25, 0.3) is 0 Å². The molecule has 2 fully saturated rings. The molecule has 0 unspecified atom stereocenters. The Morgan fingerprint density at radius 1 is 1.22 bits per heavy atom. The molecule has 0 spiro atoms. The van der Waals surface area contributed by atoms with E-state index in [1.165, 1.54) is 12.1 Å². The third-order valence-electron chi connectivity index (χ3n) is 7.93. The van der Waals surface area contributed by atoms with Crippen molar-refractivity contribution in [3.05, 3.63) is 35.6 Å². The summed E-state index contributed by atoms with van der Waals surface area (Å²) in [7, 11) is 0. The van der Waals surface area contributed by atoms with Crippen LogP contribution < -0.4 is 11.1 Å². The summed E-state index contributed by atoms with van der Waals surface area (Å²) >= 11 is 0. The van der Waals surface area contributed by atoms with Crippen LogP contribution in [0.1, 0.15) is 71.3 Å². The molecule has 4 N–H and O–H groups in total. The lowest BCUT2D eigenvalue weighted by Gasteiger charge is -2.42. The molecule has 1 aromatic rings. The van der Waals surface area contributed by atoms with Crippen molar-refractivity contribution in [2.45, 2.75) is 83.7 Å². The summed E-state index contributed by atoms with van der Waals surface area (Å²) in [5.74, 6) is -0.970. The van der Waals surface area contributed by atoms with Gasteiger partial charge in [-0.1, -0.05) is 58.6 Å². The van der Waals surface area contributed by atoms with E-state index in [9.17, 15) is 24.0 Å². The Morgan fingerprint density at radius 2 is 1.81 bits per heavy atom. The van der Waals surface area contributed by atoms with Gasteiger partial charge in [0.05, 0.1) is 12.5 Å². The van der Waals surface area contributed by atoms with Gasteiger partial charge in [-0.15, -0.1) is 0 Å². The summed E-state index contributed by atoms with van der Waals surface area (Å²) in [5, 5.41) is 13.3. The van der Waals surface area contributed by atoms with Crippen LogP contribution in [0.5, 0.6) is 0 Å². The van der Waals surface area contributed by atoms with E-state index in [-0.39, 0.29) is 24.2 Å². The number of carbonyl (C=O) groups excluding carboxylic acids is 3. The van der Waals surface area contributed by atoms with Crippen LogP contribution >= 0.6 is 0 Å². The van der Waals surface area contributed by atoms with Crippen molar-refractivity contribution in [3.63, 3.8) is 0 Å². The lowest BCUT2D eigenvalue weighted by molar-refractivity contribution is -0.156. The number of hydrogen-bond acceptors (Lipinski definition) is 5. The molecule has 0 bridgehead atoms. The van der Waals surface area contributed by atoms with Gasteiger partial charge in [-0.2, -0.15) is 0 Å². The predicted octanol–water partition coefficient (Wildman–Crippen LogP) is 3.26. The minimum absolute atomic E-state index is 0.0975. The number of nitrogens with one attached hydrogen (secondary N) is 1. The van der Waals surface area contributed by atoms with E-state index in [4.69, 9.17) is 5.73 Å². The molecule has 0 aromatic heterocycles. The Kier molecular flexibility index (Phi) is 9.69. The Hall–Kier alpha value is -2.52. The minimum atomic E-state index is -0.753. The summed E-state index contributed by atoms with van der Waals surface area (Å²) in [6, 6.07) is 5.59. The van der Waals surface area contributed by atoms with Crippen molar-refractivity contribution in [2.75, 3.05) is 19.6 Å². The van der Waals surface area contributed by atoms with E-state index in [0.717, 1.165) is 31.2 Å². The number of amides is 3. The Morgan fingerprint density at radius 3 is 2.35 bits per heavy atom. The van der Waals surface area contributed by atoms with E-state index in [1.807, 2.05) is 20.8 Å². The SMILES string of the molecule is CC(C)(C)[C@@H](NC(=O)[C@@H](CC1CCCC1)CN(O)C=O)C(=O)N1CCC(N)(Cc2ccc(F)cc2)CC1. The first-order valence-corrected chi connectivity index (χ1v) is 13.4. The maximum atomic E-state index is 13.6. The summed E-state index contributed by atoms with van der Waals surface area (Å²) < 4.78 is 13.3. The molecule has 2 atom stereocenters. The van der Waals surface area contributed by atoms with E-state index in [0.29, 0.717) is 56.2 Å². The molecule has 2 aliphatic rings. The van der Waals surface area contributed by atoms with Gasteiger partial charge in [0, 0.05) is 18.6 Å². The zero-order valence-electron chi connectivity index (χ0n) is 22.4. The molecular weight excluding hydrogens is 475 g/mol. The molecule has 0 radical (unpaired) electrons. The van der Waals surface area contributed by atoms with Gasteiger partial charge >= 0.3 is 0 Å². The van der Waals surface area contributed by atoms with Crippen LogP contribution in [0, 0.1) is 23.1 Å². The first-order chi connectivity index (χ1) is 17.4. The normalized spacial score (nSPS) is 19.8. The molecule has 1 saturated heterocycles. The number of halogens is 1. The molecule has 1 aliphatic carbocycles. The van der Waals surface area contributed by atoms with Crippen molar-refractivity contribution in [3.8, 4) is 0 Å². The highest BCUT2D eigenvalue weighted by Gasteiger charge is 2.40. The predicted molar refractivity (Wildman–Crippen MR) is 139 cm³/mol. The highest BCUT2D eigenvalue weighted by Crippen LogP contribution is 2.32. The highest BCUT2D eigenvalue weighted by molar-refractivity contribution is 5.89. The second kappa shape index (κ2) is 12.3. The maximum absolute atomic E-state index is 13.6. The molecule has 1 aliphatic heterocycles. The monoisotopic (exact) mass is 518 g/mol. The van der Waals surface area contributed by atoms with Gasteiger partial charge in [-0.25, -0.2) is 9.45 Å². The Balaban J connectivity index is 1.65. The largest absolute Gasteiger partial charge is 0.344 e. The van der Waals surface area contributed by atoms with Crippen LogP contribution in [-0.2, 0) is 20.8 Å². The second-order valence-electron chi connectivity index (χ2n) is 12.1. The molecule has 1 aromatic carbocycles. The second-order valence-corrected chi connectivity index (χ2v) is 12.1. The maximum Gasteiger partial charge on any atom is 0.245 e. The minimum Gasteiger partial charge on any atom is -0.344 e. The zero-order valence-corrected chi connectivity index (χ0v) is 22.4. The number of benzene rings is 1. The van der Waals surface area contributed by atoms with Gasteiger partial charge in [-0.05, 0) is 54.7 Å². The quantitative estimate of drug-likeness (QED) is 0.250. The summed E-state index contributed by atoms with van der Waals surface area (Å²) in [4.78, 5) is 39.8. The van der Waals surface area contributed by atoms with Crippen molar-refractivity contribution >= 4 is 18.2 Å². The third kappa shape index (κ3) is 8.23. The number of rotatable bonds is 10. The molecule has 206 valence electrons. The van der Waals surface area contributed by atoms with Crippen LogP contribution in [0.4, 0.5) is 4.39 Å². The van der Waals surface area contributed by atoms with Crippen LogP contribution in [-0.4, -0.2) is 64.6 Å². The van der Waals surface area contributed by atoms with Crippen LogP contribution in [0.3, 0.4) is 0 Å². The van der Waals surface area contributed by atoms with Gasteiger partial charge in [0.2, 0.25) is 18.2 Å². The number of likely N-dealkylation sites (tertiary alicyclic amines) is 1. The lowest BCUT2D eigenvalue weighted by atomic mass is 9.81. The van der Waals surface area contributed by atoms with Crippen molar-refractivity contribution < 1.29 is 24.0 Å². The molecule has 1 saturated carbocycles. The molecule has 3 amide bonds. The standard InChI is InChI=1S/C28H43FN4O4/c1-27(2,3)24(31-25(35)22(18-33(37)19-34)16-20-6-4-5-7-20)26(36)32-14-12-28(30,13-15-32)17-21-8-10-23(29)11-9-21/h8-11,19-20,22,24,37H,4-7,12-18,30H2,1-3H3,(H,31,35)/t22-,24-/m0/s1. The molecular formula is C28H43FN4O4. The zero-order chi connectivity index (χ0) is 27.2. The lowest BCUT2D eigenvalue weighted by Crippen LogP contribution is -2.60. The number of piperidine rings is 1. The third-order valence-corrected chi connectivity index (χ3v) is 7.93. The number of nitrogens with zero attached hydrogens (tertiary/aromatic N) is 2. The van der Waals surface area contributed by atoms with Crippen LogP contribution in [0.25, 0.3) is 0 Å². The molecule has 37 heavy (non-hydrogen) atoms. The number of carbonyl (C=O) groups is 3. The van der Waals surface area contributed by atoms with Gasteiger partial charge in [0.1, 0.15) is 11.9 Å². The van der Waals surface area contributed by atoms with E-state index in [2.05, 4.69) is 5.32 Å². The fraction of sp³-hybridized carbons (Fsp3) is 0.679.